The zero-order valence-electron chi connectivity index (χ0n) is 7.23. The molecular weight excluding hydrogens is 190 g/mol. The van der Waals surface area contributed by atoms with Crippen LogP contribution in [0.1, 0.15) is 6.42 Å². The fourth-order valence-corrected chi connectivity index (χ4v) is 1.73. The molecule has 0 radical (unpaired) electrons. The highest BCUT2D eigenvalue weighted by atomic mass is 32.2. The molecule has 1 aliphatic rings. The molecule has 0 aromatic rings. The molecule has 2 atom stereocenters. The highest BCUT2D eigenvalue weighted by Crippen LogP contribution is 2.23. The molecule has 0 aromatic heterocycles. The Morgan fingerprint density at radius 1 is 1.85 bits per heavy atom. The molecule has 0 aromatic carbocycles. The van der Waals surface area contributed by atoms with Crippen LogP contribution in [-0.4, -0.2) is 28.6 Å². The van der Waals surface area contributed by atoms with Gasteiger partial charge in [0.2, 0.25) is 0 Å². The predicted octanol–water partition coefficient (Wildman–Crippen LogP) is 0.753. The molecule has 0 amide bonds. The van der Waals surface area contributed by atoms with Crippen molar-refractivity contribution in [3.05, 3.63) is 22.8 Å². The Balaban J connectivity index is 2.94. The van der Waals surface area contributed by atoms with Gasteiger partial charge in [0.15, 0.2) is 0 Å². The molecule has 13 heavy (non-hydrogen) atoms. The SMILES string of the molecule is C=NC1C=CC(OC)=C(S(=O)[O-])C1. The summed E-state index contributed by atoms with van der Waals surface area (Å²) >= 11 is -2.24. The molecule has 0 aliphatic heterocycles. The molecular formula is C8H10NO3S-. The topological polar surface area (TPSA) is 61.7 Å². The van der Waals surface area contributed by atoms with Gasteiger partial charge >= 0.3 is 0 Å². The lowest BCUT2D eigenvalue weighted by molar-refractivity contribution is 0.300. The van der Waals surface area contributed by atoms with E-state index in [1.165, 1.54) is 7.11 Å². The van der Waals surface area contributed by atoms with Gasteiger partial charge in [-0.3, -0.25) is 9.20 Å². The van der Waals surface area contributed by atoms with E-state index in [4.69, 9.17) is 4.74 Å². The Hall–Kier alpha value is -0.940. The van der Waals surface area contributed by atoms with Crippen LogP contribution >= 0.6 is 0 Å². The maximum Gasteiger partial charge on any atom is 0.129 e. The monoisotopic (exact) mass is 200 g/mol. The first kappa shape index (κ1) is 10.1. The summed E-state index contributed by atoms with van der Waals surface area (Å²) in [4.78, 5) is 4.00. The predicted molar refractivity (Wildman–Crippen MR) is 50.0 cm³/mol. The van der Waals surface area contributed by atoms with Gasteiger partial charge in [-0.2, -0.15) is 0 Å². The lowest BCUT2D eigenvalue weighted by Crippen LogP contribution is -2.12. The van der Waals surface area contributed by atoms with Crippen molar-refractivity contribution in [1.82, 2.24) is 0 Å². The second-order valence-electron chi connectivity index (χ2n) is 2.54. The van der Waals surface area contributed by atoms with Crippen LogP contribution in [0, 0.1) is 0 Å². The number of methoxy groups -OCH3 is 1. The van der Waals surface area contributed by atoms with E-state index < -0.39 is 11.1 Å². The van der Waals surface area contributed by atoms with Crippen LogP contribution in [0.15, 0.2) is 27.8 Å². The third-order valence-electron chi connectivity index (χ3n) is 1.79. The van der Waals surface area contributed by atoms with Gasteiger partial charge in [-0.05, 0) is 23.9 Å². The van der Waals surface area contributed by atoms with Crippen molar-refractivity contribution in [2.45, 2.75) is 12.5 Å². The molecule has 0 heterocycles. The summed E-state index contributed by atoms with van der Waals surface area (Å²) in [6.45, 7) is 3.36. The van der Waals surface area contributed by atoms with Crippen LogP contribution in [0.4, 0.5) is 0 Å². The number of ether oxygens (including phenoxy) is 1. The molecule has 0 saturated heterocycles. The summed E-state index contributed by atoms with van der Waals surface area (Å²) < 4.78 is 26.4. The number of hydrogen-bond donors (Lipinski definition) is 0. The minimum absolute atomic E-state index is 0.160. The second-order valence-corrected chi connectivity index (χ2v) is 3.50. The summed E-state index contributed by atoms with van der Waals surface area (Å²) in [6.07, 6.45) is 3.70. The molecule has 0 N–H and O–H groups in total. The average Bonchev–Trinajstić information content (AvgIpc) is 2.16. The van der Waals surface area contributed by atoms with Crippen LogP contribution < -0.4 is 0 Å². The van der Waals surface area contributed by atoms with Gasteiger partial charge in [0.05, 0.1) is 13.2 Å². The van der Waals surface area contributed by atoms with E-state index in [1.54, 1.807) is 12.2 Å². The molecule has 2 unspecified atom stereocenters. The normalized spacial score (nSPS) is 24.3. The van der Waals surface area contributed by atoms with E-state index in [0.29, 0.717) is 12.2 Å². The zero-order valence-corrected chi connectivity index (χ0v) is 8.04. The van der Waals surface area contributed by atoms with Gasteiger partial charge in [-0.25, -0.2) is 0 Å². The summed E-state index contributed by atoms with van der Waals surface area (Å²) in [5.74, 6) is 0.383. The first-order valence-corrected chi connectivity index (χ1v) is 4.77. The van der Waals surface area contributed by atoms with E-state index in [-0.39, 0.29) is 10.9 Å². The van der Waals surface area contributed by atoms with Crippen molar-refractivity contribution in [2.75, 3.05) is 7.11 Å². The maximum absolute atomic E-state index is 10.8. The molecule has 0 bridgehead atoms. The Morgan fingerprint density at radius 2 is 2.54 bits per heavy atom. The smallest absolute Gasteiger partial charge is 0.129 e. The quantitative estimate of drug-likeness (QED) is 0.499. The van der Waals surface area contributed by atoms with Gasteiger partial charge in [-0.15, -0.1) is 0 Å². The number of rotatable bonds is 3. The van der Waals surface area contributed by atoms with Gasteiger partial charge in [-0.1, -0.05) is 6.08 Å². The van der Waals surface area contributed by atoms with Gasteiger partial charge in [0.1, 0.15) is 5.76 Å². The van der Waals surface area contributed by atoms with E-state index in [2.05, 4.69) is 11.7 Å². The molecule has 1 aliphatic carbocycles. The maximum atomic E-state index is 10.8. The largest absolute Gasteiger partial charge is 0.769 e. The van der Waals surface area contributed by atoms with Crippen molar-refractivity contribution in [3.63, 3.8) is 0 Å². The molecule has 1 rings (SSSR count). The number of nitrogens with zero attached hydrogens (tertiary/aromatic N) is 1. The molecule has 72 valence electrons. The first-order valence-electron chi connectivity index (χ1n) is 3.69. The lowest BCUT2D eigenvalue weighted by atomic mass is 10.1. The molecule has 0 saturated carbocycles. The van der Waals surface area contributed by atoms with Gasteiger partial charge in [0.25, 0.3) is 0 Å². The van der Waals surface area contributed by atoms with Crippen molar-refractivity contribution in [1.29, 1.82) is 0 Å². The van der Waals surface area contributed by atoms with Crippen LogP contribution in [0.2, 0.25) is 0 Å². The van der Waals surface area contributed by atoms with Crippen molar-refractivity contribution in [2.24, 2.45) is 4.99 Å². The van der Waals surface area contributed by atoms with Crippen LogP contribution in [-0.2, 0) is 15.8 Å². The third kappa shape index (κ3) is 2.26. The Labute approximate surface area is 79.3 Å². The highest BCUT2D eigenvalue weighted by Gasteiger charge is 2.16. The van der Waals surface area contributed by atoms with E-state index in [0.717, 1.165) is 0 Å². The minimum atomic E-state index is -2.24. The second kappa shape index (κ2) is 4.34. The standard InChI is InChI=1S/C8H11NO3S/c1-9-6-3-4-7(12-2)8(5-6)13(10)11/h3-4,6H,1,5H2,2H3,(H,10,11)/p-1. The number of aliphatic imine (C=N–C) groups is 1. The summed E-state index contributed by atoms with van der Waals surface area (Å²) in [5, 5.41) is 0. The van der Waals surface area contributed by atoms with E-state index in [9.17, 15) is 8.76 Å². The highest BCUT2D eigenvalue weighted by molar-refractivity contribution is 7.83. The Morgan fingerprint density at radius 3 is 3.00 bits per heavy atom. The Kier molecular flexibility index (Phi) is 3.39. The fraction of sp³-hybridized carbons (Fsp3) is 0.375. The van der Waals surface area contributed by atoms with Crippen LogP contribution in [0.5, 0.6) is 0 Å². The van der Waals surface area contributed by atoms with Crippen molar-refractivity contribution >= 4 is 17.8 Å². The van der Waals surface area contributed by atoms with E-state index >= 15 is 0 Å². The number of hydrogen-bond acceptors (Lipinski definition) is 4. The van der Waals surface area contributed by atoms with Crippen molar-refractivity contribution < 1.29 is 13.5 Å². The average molecular weight is 200 g/mol. The molecule has 4 nitrogen and oxygen atoms in total. The fourth-order valence-electron chi connectivity index (χ4n) is 1.11. The van der Waals surface area contributed by atoms with Crippen LogP contribution in [0.25, 0.3) is 0 Å². The van der Waals surface area contributed by atoms with Gasteiger partial charge < -0.3 is 9.29 Å². The van der Waals surface area contributed by atoms with Crippen molar-refractivity contribution in [3.8, 4) is 0 Å². The molecule has 5 heteroatoms. The summed E-state index contributed by atoms with van der Waals surface area (Å²) in [5.41, 5.74) is 0. The summed E-state index contributed by atoms with van der Waals surface area (Å²) in [7, 11) is 1.44. The number of allylic oxidation sites excluding steroid dienone is 1. The zero-order chi connectivity index (χ0) is 9.84. The summed E-state index contributed by atoms with van der Waals surface area (Å²) in [6, 6.07) is -0.160. The minimum Gasteiger partial charge on any atom is -0.769 e. The first-order chi connectivity index (χ1) is 6.19. The molecule has 0 spiro atoms. The molecule has 0 fully saturated rings. The van der Waals surface area contributed by atoms with E-state index in [1.807, 2.05) is 0 Å². The van der Waals surface area contributed by atoms with Crippen LogP contribution in [0.3, 0.4) is 0 Å². The lowest BCUT2D eigenvalue weighted by Gasteiger charge is -2.20. The third-order valence-corrected chi connectivity index (χ3v) is 2.56. The Bertz CT molecular complexity index is 296. The van der Waals surface area contributed by atoms with Gasteiger partial charge in [0, 0.05) is 11.3 Å².